The van der Waals surface area contributed by atoms with Crippen LogP contribution in [0.3, 0.4) is 0 Å². The van der Waals surface area contributed by atoms with Crippen LogP contribution >= 0.6 is 0 Å². The molecule has 0 spiro atoms. The van der Waals surface area contributed by atoms with E-state index in [0.717, 1.165) is 18.7 Å². The second kappa shape index (κ2) is 7.81. The van der Waals surface area contributed by atoms with Crippen LogP contribution in [0.15, 0.2) is 18.2 Å². The van der Waals surface area contributed by atoms with E-state index < -0.39 is 0 Å². The lowest BCUT2D eigenvalue weighted by molar-refractivity contribution is 0.110. The van der Waals surface area contributed by atoms with Gasteiger partial charge in [0.25, 0.3) is 0 Å². The standard InChI is InChI=1S/C18H31NO2/c1-7-19-18(6,12-20)11-15(5)21-17-10-14(4)8-9-16(17)13(2)3/h8-10,13,15,19-20H,7,11-12H2,1-6H3. The highest BCUT2D eigenvalue weighted by Gasteiger charge is 2.26. The molecule has 2 atom stereocenters. The molecule has 3 heteroatoms. The molecule has 0 aliphatic heterocycles. The zero-order valence-electron chi connectivity index (χ0n) is 14.4. The number of aryl methyl sites for hydroxylation is 1. The molecule has 2 unspecified atom stereocenters. The van der Waals surface area contributed by atoms with E-state index in [1.807, 2.05) is 6.92 Å². The van der Waals surface area contributed by atoms with Gasteiger partial charge in [-0.1, -0.05) is 32.9 Å². The maximum absolute atomic E-state index is 9.60. The number of hydrogen-bond donors (Lipinski definition) is 2. The van der Waals surface area contributed by atoms with Gasteiger partial charge >= 0.3 is 0 Å². The Bertz CT molecular complexity index is 445. The van der Waals surface area contributed by atoms with E-state index in [4.69, 9.17) is 4.74 Å². The average molecular weight is 293 g/mol. The maximum atomic E-state index is 9.60. The highest BCUT2D eigenvalue weighted by molar-refractivity contribution is 5.39. The van der Waals surface area contributed by atoms with Crippen molar-refractivity contribution in [2.75, 3.05) is 13.2 Å². The van der Waals surface area contributed by atoms with Gasteiger partial charge in [0, 0.05) is 12.0 Å². The predicted octanol–water partition coefficient (Wildman–Crippen LogP) is 3.64. The summed E-state index contributed by atoms with van der Waals surface area (Å²) in [4.78, 5) is 0. The van der Waals surface area contributed by atoms with Crippen LogP contribution in [0.4, 0.5) is 0 Å². The van der Waals surface area contributed by atoms with Crippen molar-refractivity contribution in [2.45, 2.75) is 65.5 Å². The Kier molecular flexibility index (Phi) is 6.69. The number of likely N-dealkylation sites (N-methyl/N-ethyl adjacent to an activating group) is 1. The molecule has 0 aliphatic carbocycles. The number of benzene rings is 1. The van der Waals surface area contributed by atoms with Crippen molar-refractivity contribution in [2.24, 2.45) is 0 Å². The summed E-state index contributed by atoms with van der Waals surface area (Å²) in [6.45, 7) is 13.5. The van der Waals surface area contributed by atoms with Crippen molar-refractivity contribution in [3.05, 3.63) is 29.3 Å². The van der Waals surface area contributed by atoms with E-state index in [2.05, 4.69) is 58.1 Å². The van der Waals surface area contributed by atoms with Gasteiger partial charge in [0.1, 0.15) is 5.75 Å². The first-order valence-electron chi connectivity index (χ1n) is 7.94. The lowest BCUT2D eigenvalue weighted by atomic mass is 9.95. The minimum absolute atomic E-state index is 0.0421. The Morgan fingerprint density at radius 1 is 1.29 bits per heavy atom. The van der Waals surface area contributed by atoms with Gasteiger partial charge in [-0.2, -0.15) is 0 Å². The summed E-state index contributed by atoms with van der Waals surface area (Å²) in [5, 5.41) is 12.9. The predicted molar refractivity (Wildman–Crippen MR) is 89.1 cm³/mol. The fourth-order valence-corrected chi connectivity index (χ4v) is 2.73. The lowest BCUT2D eigenvalue weighted by Gasteiger charge is -2.32. The molecule has 1 aromatic carbocycles. The van der Waals surface area contributed by atoms with Crippen LogP contribution in [0.5, 0.6) is 5.75 Å². The van der Waals surface area contributed by atoms with Crippen molar-refractivity contribution in [1.29, 1.82) is 0 Å². The zero-order valence-corrected chi connectivity index (χ0v) is 14.4. The summed E-state index contributed by atoms with van der Waals surface area (Å²) in [5.41, 5.74) is 2.15. The van der Waals surface area contributed by atoms with Crippen LogP contribution in [0, 0.1) is 6.92 Å². The fourth-order valence-electron chi connectivity index (χ4n) is 2.73. The first kappa shape index (κ1) is 18.0. The smallest absolute Gasteiger partial charge is 0.123 e. The molecule has 3 nitrogen and oxygen atoms in total. The van der Waals surface area contributed by atoms with Crippen LogP contribution in [-0.2, 0) is 0 Å². The monoisotopic (exact) mass is 293 g/mol. The van der Waals surface area contributed by atoms with Gasteiger partial charge < -0.3 is 15.2 Å². The third-order valence-corrected chi connectivity index (χ3v) is 3.81. The van der Waals surface area contributed by atoms with Crippen LogP contribution in [0.25, 0.3) is 0 Å². The lowest BCUT2D eigenvalue weighted by Crippen LogP contribution is -2.48. The largest absolute Gasteiger partial charge is 0.490 e. The first-order chi connectivity index (χ1) is 9.81. The van der Waals surface area contributed by atoms with Gasteiger partial charge in [0.05, 0.1) is 12.7 Å². The first-order valence-corrected chi connectivity index (χ1v) is 7.94. The molecule has 0 fully saturated rings. The summed E-state index contributed by atoms with van der Waals surface area (Å²) in [5.74, 6) is 1.40. The molecular formula is C18H31NO2. The van der Waals surface area contributed by atoms with Crippen molar-refractivity contribution < 1.29 is 9.84 Å². The Labute approximate surface area is 129 Å². The Morgan fingerprint density at radius 2 is 1.95 bits per heavy atom. The molecule has 0 radical (unpaired) electrons. The van der Waals surface area contributed by atoms with Gasteiger partial charge in [-0.15, -0.1) is 0 Å². The molecule has 21 heavy (non-hydrogen) atoms. The van der Waals surface area contributed by atoms with Gasteiger partial charge in [0.2, 0.25) is 0 Å². The Balaban J connectivity index is 2.83. The third-order valence-electron chi connectivity index (χ3n) is 3.81. The summed E-state index contributed by atoms with van der Waals surface area (Å²) >= 11 is 0. The average Bonchev–Trinajstić information content (AvgIpc) is 2.38. The molecule has 0 heterocycles. The number of aliphatic hydroxyl groups is 1. The van der Waals surface area contributed by atoms with Crippen molar-refractivity contribution in [3.8, 4) is 5.75 Å². The van der Waals surface area contributed by atoms with E-state index in [0.29, 0.717) is 5.92 Å². The van der Waals surface area contributed by atoms with Gasteiger partial charge in [0.15, 0.2) is 0 Å². The van der Waals surface area contributed by atoms with Gasteiger partial charge in [-0.05, 0) is 50.4 Å². The number of ether oxygens (including phenoxy) is 1. The highest BCUT2D eigenvalue weighted by Crippen LogP contribution is 2.29. The van der Waals surface area contributed by atoms with E-state index in [-0.39, 0.29) is 18.2 Å². The normalized spacial score (nSPS) is 15.8. The summed E-state index contributed by atoms with van der Waals surface area (Å²) in [6, 6.07) is 6.39. The van der Waals surface area contributed by atoms with Crippen molar-refractivity contribution in [1.82, 2.24) is 5.32 Å². The van der Waals surface area contributed by atoms with Crippen molar-refractivity contribution in [3.63, 3.8) is 0 Å². The number of nitrogens with one attached hydrogen (secondary N) is 1. The van der Waals surface area contributed by atoms with E-state index in [1.165, 1.54) is 11.1 Å². The minimum Gasteiger partial charge on any atom is -0.490 e. The zero-order chi connectivity index (χ0) is 16.0. The quantitative estimate of drug-likeness (QED) is 0.769. The summed E-state index contributed by atoms with van der Waals surface area (Å²) in [6.07, 6.45) is 0.809. The van der Waals surface area contributed by atoms with Crippen LogP contribution in [0.2, 0.25) is 0 Å². The molecule has 0 amide bonds. The molecule has 0 bridgehead atoms. The van der Waals surface area contributed by atoms with Crippen LogP contribution in [0.1, 0.15) is 58.1 Å². The maximum Gasteiger partial charge on any atom is 0.123 e. The fraction of sp³-hybridized carbons (Fsp3) is 0.667. The second-order valence-electron chi connectivity index (χ2n) is 6.58. The van der Waals surface area contributed by atoms with E-state index in [9.17, 15) is 5.11 Å². The molecule has 1 aromatic rings. The molecule has 0 aliphatic rings. The Hall–Kier alpha value is -1.06. The topological polar surface area (TPSA) is 41.5 Å². The van der Waals surface area contributed by atoms with Crippen molar-refractivity contribution >= 4 is 0 Å². The van der Waals surface area contributed by atoms with Crippen LogP contribution < -0.4 is 10.1 Å². The summed E-state index contributed by atoms with van der Waals surface area (Å²) in [7, 11) is 0. The second-order valence-corrected chi connectivity index (χ2v) is 6.58. The highest BCUT2D eigenvalue weighted by atomic mass is 16.5. The molecular weight excluding hydrogens is 262 g/mol. The van der Waals surface area contributed by atoms with Crippen LogP contribution in [-0.4, -0.2) is 29.9 Å². The Morgan fingerprint density at radius 3 is 2.48 bits per heavy atom. The molecule has 0 aromatic heterocycles. The number of hydrogen-bond acceptors (Lipinski definition) is 3. The molecule has 120 valence electrons. The van der Waals surface area contributed by atoms with E-state index in [1.54, 1.807) is 0 Å². The number of aliphatic hydroxyl groups excluding tert-OH is 1. The summed E-state index contributed by atoms with van der Waals surface area (Å²) < 4.78 is 6.18. The van der Waals surface area contributed by atoms with E-state index >= 15 is 0 Å². The SMILES string of the molecule is CCNC(C)(CO)CC(C)Oc1cc(C)ccc1C(C)C. The third kappa shape index (κ3) is 5.33. The molecule has 0 saturated carbocycles. The molecule has 0 saturated heterocycles. The molecule has 2 N–H and O–H groups in total. The number of rotatable bonds is 8. The minimum atomic E-state index is -0.296. The molecule has 1 rings (SSSR count). The van der Waals surface area contributed by atoms with Gasteiger partial charge in [-0.25, -0.2) is 0 Å². The van der Waals surface area contributed by atoms with Gasteiger partial charge in [-0.3, -0.25) is 0 Å².